The predicted molar refractivity (Wildman–Crippen MR) is 66.8 cm³/mol. The van der Waals surface area contributed by atoms with Crippen molar-refractivity contribution in [3.05, 3.63) is 0 Å². The molecule has 6 nitrogen and oxygen atoms in total. The van der Waals surface area contributed by atoms with Crippen LogP contribution in [-0.2, 0) is 9.59 Å². The summed E-state index contributed by atoms with van der Waals surface area (Å²) in [6.07, 6.45) is 3.99. The minimum atomic E-state index is -0.923. The zero-order valence-corrected chi connectivity index (χ0v) is 10.5. The first-order valence-electron chi connectivity index (χ1n) is 6.31. The van der Waals surface area contributed by atoms with Gasteiger partial charge in [0.15, 0.2) is 0 Å². The lowest BCUT2D eigenvalue weighted by Crippen LogP contribution is -2.35. The van der Waals surface area contributed by atoms with Gasteiger partial charge in [0.25, 0.3) is 0 Å². The minimum absolute atomic E-state index is 0.0125. The number of carboxylic acid groups (broad SMARTS) is 2. The van der Waals surface area contributed by atoms with Crippen LogP contribution >= 0.6 is 0 Å². The molecule has 0 amide bonds. The third kappa shape index (κ3) is 5.65. The number of hydrogen-bond acceptors (Lipinski definition) is 4. The van der Waals surface area contributed by atoms with Crippen molar-refractivity contribution in [2.75, 3.05) is 19.6 Å². The molecule has 0 bridgehead atoms. The summed E-state index contributed by atoms with van der Waals surface area (Å²) in [6.45, 7) is 1.66. The van der Waals surface area contributed by atoms with Crippen LogP contribution in [0.4, 0.5) is 0 Å². The Labute approximate surface area is 106 Å². The first kappa shape index (κ1) is 14.5. The van der Waals surface area contributed by atoms with Crippen molar-refractivity contribution in [3.8, 4) is 0 Å². The first-order chi connectivity index (χ1) is 8.59. The Morgan fingerprint density at radius 1 is 1.11 bits per heavy atom. The number of carboxylic acids is 2. The van der Waals surface area contributed by atoms with Gasteiger partial charge >= 0.3 is 11.9 Å². The van der Waals surface area contributed by atoms with Crippen LogP contribution in [0.25, 0.3) is 0 Å². The molecule has 2 N–H and O–H groups in total. The number of carbonyl (C=O) groups is 2. The number of amidine groups is 1. The Kier molecular flexibility index (Phi) is 6.18. The van der Waals surface area contributed by atoms with Crippen LogP contribution in [0.5, 0.6) is 0 Å². The fraction of sp³-hybridized carbons (Fsp3) is 0.750. The molecule has 102 valence electrons. The largest absolute Gasteiger partial charge is 0.481 e. The van der Waals surface area contributed by atoms with Gasteiger partial charge < -0.3 is 15.1 Å². The highest BCUT2D eigenvalue weighted by Crippen LogP contribution is 2.09. The lowest BCUT2D eigenvalue weighted by atomic mass is 10.2. The summed E-state index contributed by atoms with van der Waals surface area (Å²) >= 11 is 0. The molecular formula is C12H20N2O4. The molecule has 0 aliphatic carbocycles. The Hall–Kier alpha value is -1.59. The van der Waals surface area contributed by atoms with Gasteiger partial charge in [0, 0.05) is 19.6 Å². The first-order valence-corrected chi connectivity index (χ1v) is 6.31. The second-order valence-corrected chi connectivity index (χ2v) is 4.41. The molecule has 1 heterocycles. The zero-order chi connectivity index (χ0) is 13.4. The maximum absolute atomic E-state index is 10.8. The molecule has 0 aromatic carbocycles. The average Bonchev–Trinajstić information content (AvgIpc) is 2.38. The highest BCUT2D eigenvalue weighted by Gasteiger charge is 2.16. The van der Waals surface area contributed by atoms with Gasteiger partial charge in [-0.3, -0.25) is 14.6 Å². The maximum atomic E-state index is 10.8. The molecule has 18 heavy (non-hydrogen) atoms. The van der Waals surface area contributed by atoms with Crippen molar-refractivity contribution < 1.29 is 19.8 Å². The fourth-order valence-electron chi connectivity index (χ4n) is 1.98. The van der Waals surface area contributed by atoms with E-state index in [0.29, 0.717) is 25.5 Å². The minimum Gasteiger partial charge on any atom is -0.481 e. The van der Waals surface area contributed by atoms with Crippen molar-refractivity contribution in [2.24, 2.45) is 4.99 Å². The number of nitrogens with zero attached hydrogens (tertiary/aromatic N) is 2. The second-order valence-electron chi connectivity index (χ2n) is 4.41. The normalized spacial score (nSPS) is 17.3. The van der Waals surface area contributed by atoms with Crippen LogP contribution in [-0.4, -0.2) is 52.5 Å². The van der Waals surface area contributed by atoms with Crippen LogP contribution in [0.1, 0.15) is 38.5 Å². The zero-order valence-electron chi connectivity index (χ0n) is 10.5. The number of rotatable bonds is 5. The Morgan fingerprint density at radius 2 is 1.83 bits per heavy atom. The van der Waals surface area contributed by atoms with Gasteiger partial charge in [-0.25, -0.2) is 0 Å². The van der Waals surface area contributed by atoms with Gasteiger partial charge in [-0.2, -0.15) is 0 Å². The molecule has 0 unspecified atom stereocenters. The Morgan fingerprint density at radius 3 is 2.50 bits per heavy atom. The van der Waals surface area contributed by atoms with E-state index in [0.717, 1.165) is 25.7 Å². The van der Waals surface area contributed by atoms with Gasteiger partial charge in [0.05, 0.1) is 6.42 Å². The number of aliphatic carboxylic acids is 2. The van der Waals surface area contributed by atoms with E-state index >= 15 is 0 Å². The molecule has 0 aromatic heterocycles. The summed E-state index contributed by atoms with van der Waals surface area (Å²) in [7, 11) is 0. The molecule has 0 atom stereocenters. The van der Waals surface area contributed by atoms with Crippen molar-refractivity contribution in [1.29, 1.82) is 0 Å². The number of hydrogen-bond donors (Lipinski definition) is 2. The monoisotopic (exact) mass is 256 g/mol. The van der Waals surface area contributed by atoms with Gasteiger partial charge in [0.1, 0.15) is 12.3 Å². The summed E-state index contributed by atoms with van der Waals surface area (Å²) in [6, 6.07) is 0. The van der Waals surface area contributed by atoms with E-state index in [1.54, 1.807) is 0 Å². The summed E-state index contributed by atoms with van der Waals surface area (Å²) in [5, 5.41) is 17.6. The van der Waals surface area contributed by atoms with Crippen LogP contribution < -0.4 is 0 Å². The van der Waals surface area contributed by atoms with E-state index in [1.807, 2.05) is 4.90 Å². The van der Waals surface area contributed by atoms with Crippen molar-refractivity contribution in [1.82, 2.24) is 4.90 Å². The van der Waals surface area contributed by atoms with Crippen molar-refractivity contribution in [3.63, 3.8) is 0 Å². The van der Waals surface area contributed by atoms with E-state index in [1.165, 1.54) is 0 Å². The molecular weight excluding hydrogens is 236 g/mol. The molecule has 1 rings (SSSR count). The lowest BCUT2D eigenvalue weighted by Gasteiger charge is -2.24. The molecule has 0 radical (unpaired) electrons. The van der Waals surface area contributed by atoms with E-state index in [9.17, 15) is 9.59 Å². The Balaban J connectivity index is 2.69. The third-order valence-electron chi connectivity index (χ3n) is 2.90. The fourth-order valence-corrected chi connectivity index (χ4v) is 1.98. The van der Waals surface area contributed by atoms with E-state index in [-0.39, 0.29) is 12.8 Å². The van der Waals surface area contributed by atoms with Crippen molar-refractivity contribution >= 4 is 17.8 Å². The molecule has 0 saturated carbocycles. The smallest absolute Gasteiger partial charge is 0.310 e. The standard InChI is InChI=1S/C12H20N2O4/c15-11(16)5-8-14-7-4-2-1-3-6-13-10(14)9-12(17)18/h1-9H2,(H,15,16)(H,17,18). The highest BCUT2D eigenvalue weighted by molar-refractivity contribution is 5.97. The molecule has 1 aliphatic heterocycles. The SMILES string of the molecule is O=C(O)CCN1CCCCCCN=C1CC(=O)O. The molecule has 0 aromatic rings. The molecule has 0 saturated heterocycles. The third-order valence-corrected chi connectivity index (χ3v) is 2.90. The van der Waals surface area contributed by atoms with Gasteiger partial charge in [-0.15, -0.1) is 0 Å². The molecule has 0 fully saturated rings. The van der Waals surface area contributed by atoms with Crippen LogP contribution in [0.3, 0.4) is 0 Å². The van der Waals surface area contributed by atoms with Crippen LogP contribution in [0.15, 0.2) is 4.99 Å². The highest BCUT2D eigenvalue weighted by atomic mass is 16.4. The van der Waals surface area contributed by atoms with Gasteiger partial charge in [-0.1, -0.05) is 12.8 Å². The summed E-state index contributed by atoms with van der Waals surface area (Å²) in [4.78, 5) is 27.5. The van der Waals surface area contributed by atoms with E-state index < -0.39 is 11.9 Å². The molecule has 1 aliphatic rings. The average molecular weight is 256 g/mol. The van der Waals surface area contributed by atoms with Crippen molar-refractivity contribution in [2.45, 2.75) is 38.5 Å². The topological polar surface area (TPSA) is 90.2 Å². The quantitative estimate of drug-likeness (QED) is 0.771. The lowest BCUT2D eigenvalue weighted by molar-refractivity contribution is -0.137. The van der Waals surface area contributed by atoms with E-state index in [2.05, 4.69) is 4.99 Å². The predicted octanol–water partition coefficient (Wildman–Crippen LogP) is 1.21. The Bertz CT molecular complexity index is 328. The molecule has 6 heteroatoms. The van der Waals surface area contributed by atoms with Crippen LogP contribution in [0.2, 0.25) is 0 Å². The molecule has 0 spiro atoms. The summed E-state index contributed by atoms with van der Waals surface area (Å²) in [5.74, 6) is -1.27. The van der Waals surface area contributed by atoms with Crippen LogP contribution in [0, 0.1) is 0 Å². The summed E-state index contributed by atoms with van der Waals surface area (Å²) < 4.78 is 0. The second kappa shape index (κ2) is 7.68. The maximum Gasteiger partial charge on any atom is 0.310 e. The number of aliphatic imine (C=N–C) groups is 1. The summed E-state index contributed by atoms with van der Waals surface area (Å²) in [5.41, 5.74) is 0. The van der Waals surface area contributed by atoms with Gasteiger partial charge in [0.2, 0.25) is 0 Å². The van der Waals surface area contributed by atoms with E-state index in [4.69, 9.17) is 10.2 Å². The van der Waals surface area contributed by atoms with Gasteiger partial charge in [-0.05, 0) is 12.8 Å².